The summed E-state index contributed by atoms with van der Waals surface area (Å²) in [6, 6.07) is 8.94. The van der Waals surface area contributed by atoms with Gasteiger partial charge in [0.25, 0.3) is 0 Å². The zero-order valence-corrected chi connectivity index (χ0v) is 15.5. The maximum atomic E-state index is 4.32. The molecule has 0 radical (unpaired) electrons. The highest BCUT2D eigenvalue weighted by molar-refractivity contribution is 7.10. The van der Waals surface area contributed by atoms with E-state index in [1.165, 1.54) is 40.1 Å². The van der Waals surface area contributed by atoms with Crippen molar-refractivity contribution in [2.75, 3.05) is 25.5 Å². The predicted molar refractivity (Wildman–Crippen MR) is 104 cm³/mol. The number of rotatable bonds is 4. The number of hydrogen-bond donors (Lipinski definition) is 2. The molecular formula is C19H26N4S. The Balaban J connectivity index is 1.57. The molecule has 1 aromatic heterocycles. The monoisotopic (exact) mass is 342 g/mol. The summed E-state index contributed by atoms with van der Waals surface area (Å²) in [4.78, 5) is 8.03. The van der Waals surface area contributed by atoms with Crippen LogP contribution in [0.1, 0.15) is 28.0 Å². The van der Waals surface area contributed by atoms with E-state index < -0.39 is 0 Å². The molecule has 0 unspecified atom stereocenters. The zero-order valence-electron chi connectivity index (χ0n) is 14.7. The largest absolute Gasteiger partial charge is 0.374 e. The lowest BCUT2D eigenvalue weighted by Crippen LogP contribution is -2.36. The number of anilines is 1. The van der Waals surface area contributed by atoms with E-state index in [4.69, 9.17) is 0 Å². The van der Waals surface area contributed by atoms with Gasteiger partial charge in [0.15, 0.2) is 5.96 Å². The number of guanidine groups is 1. The first kappa shape index (κ1) is 16.8. The van der Waals surface area contributed by atoms with Crippen molar-refractivity contribution in [3.8, 4) is 0 Å². The Morgan fingerprint density at radius 3 is 2.83 bits per heavy atom. The maximum Gasteiger partial charge on any atom is 0.191 e. The molecule has 2 heterocycles. The molecule has 3 rings (SSSR count). The van der Waals surface area contributed by atoms with Crippen LogP contribution in [-0.2, 0) is 19.5 Å². The Labute approximate surface area is 148 Å². The average Bonchev–Trinajstić information content (AvgIpc) is 3.00. The molecule has 1 aliphatic heterocycles. The molecule has 0 bridgehead atoms. The number of aliphatic imine (C=N–C) groups is 1. The molecule has 2 aromatic rings. The van der Waals surface area contributed by atoms with Crippen LogP contribution in [0.2, 0.25) is 0 Å². The van der Waals surface area contributed by atoms with Gasteiger partial charge in [-0.05, 0) is 54.0 Å². The first-order valence-corrected chi connectivity index (χ1v) is 9.36. The minimum absolute atomic E-state index is 0.792. The van der Waals surface area contributed by atoms with Crippen molar-refractivity contribution in [3.63, 3.8) is 0 Å². The Morgan fingerprint density at radius 1 is 1.25 bits per heavy atom. The number of nitrogens with one attached hydrogen (secondary N) is 2. The summed E-state index contributed by atoms with van der Waals surface area (Å²) in [7, 11) is 3.99. The van der Waals surface area contributed by atoms with Crippen molar-refractivity contribution in [2.45, 2.75) is 32.9 Å². The summed E-state index contributed by atoms with van der Waals surface area (Å²) in [5.41, 5.74) is 5.47. The first-order valence-electron chi connectivity index (χ1n) is 8.48. The minimum Gasteiger partial charge on any atom is -0.374 e. The van der Waals surface area contributed by atoms with Crippen LogP contribution in [0.3, 0.4) is 0 Å². The summed E-state index contributed by atoms with van der Waals surface area (Å²) < 4.78 is 0. The Kier molecular flexibility index (Phi) is 5.41. The van der Waals surface area contributed by atoms with Gasteiger partial charge in [0.05, 0.1) is 6.54 Å². The highest BCUT2D eigenvalue weighted by Gasteiger charge is 2.13. The van der Waals surface area contributed by atoms with Crippen molar-refractivity contribution in [1.29, 1.82) is 0 Å². The van der Waals surface area contributed by atoms with Gasteiger partial charge in [-0.3, -0.25) is 4.99 Å². The molecule has 128 valence electrons. The topological polar surface area (TPSA) is 39.7 Å². The summed E-state index contributed by atoms with van der Waals surface area (Å²) in [5.74, 6) is 0.845. The van der Waals surface area contributed by atoms with Gasteiger partial charge in [-0.25, -0.2) is 0 Å². The van der Waals surface area contributed by atoms with Gasteiger partial charge in [0.1, 0.15) is 0 Å². The average molecular weight is 343 g/mol. The van der Waals surface area contributed by atoms with E-state index in [1.807, 2.05) is 7.05 Å². The number of thiophene rings is 1. The van der Waals surface area contributed by atoms with Gasteiger partial charge in [0.2, 0.25) is 0 Å². The van der Waals surface area contributed by atoms with Crippen molar-refractivity contribution in [2.24, 2.45) is 4.99 Å². The van der Waals surface area contributed by atoms with Gasteiger partial charge >= 0.3 is 0 Å². The molecule has 24 heavy (non-hydrogen) atoms. The van der Waals surface area contributed by atoms with E-state index in [0.717, 1.165) is 25.6 Å². The fourth-order valence-electron chi connectivity index (χ4n) is 3.10. The lowest BCUT2D eigenvalue weighted by Gasteiger charge is -2.28. The number of hydrogen-bond acceptors (Lipinski definition) is 3. The fraction of sp³-hybridized carbons (Fsp3) is 0.421. The van der Waals surface area contributed by atoms with Crippen molar-refractivity contribution in [1.82, 2.24) is 10.6 Å². The van der Waals surface area contributed by atoms with E-state index >= 15 is 0 Å². The number of benzene rings is 1. The number of nitrogens with zero attached hydrogens (tertiary/aromatic N) is 2. The Hall–Kier alpha value is -2.01. The van der Waals surface area contributed by atoms with Gasteiger partial charge in [-0.15, -0.1) is 11.3 Å². The Morgan fingerprint density at radius 2 is 2.08 bits per heavy atom. The smallest absolute Gasteiger partial charge is 0.191 e. The first-order chi connectivity index (χ1) is 11.7. The quantitative estimate of drug-likeness (QED) is 0.661. The second kappa shape index (κ2) is 7.71. The van der Waals surface area contributed by atoms with Crippen LogP contribution in [-0.4, -0.2) is 26.6 Å². The van der Waals surface area contributed by atoms with Crippen LogP contribution >= 0.6 is 11.3 Å². The number of fused-ring (bicyclic) bond motifs is 1. The molecule has 4 nitrogen and oxygen atoms in total. The third kappa shape index (κ3) is 3.90. The molecule has 0 saturated carbocycles. The van der Waals surface area contributed by atoms with E-state index in [0.29, 0.717) is 0 Å². The van der Waals surface area contributed by atoms with Gasteiger partial charge in [-0.1, -0.05) is 12.1 Å². The lowest BCUT2D eigenvalue weighted by atomic mass is 9.99. The van der Waals surface area contributed by atoms with E-state index in [-0.39, 0.29) is 0 Å². The van der Waals surface area contributed by atoms with Crippen LogP contribution in [0, 0.1) is 6.92 Å². The van der Waals surface area contributed by atoms with Crippen molar-refractivity contribution >= 4 is 23.0 Å². The van der Waals surface area contributed by atoms with Crippen molar-refractivity contribution in [3.05, 3.63) is 51.2 Å². The zero-order chi connectivity index (χ0) is 16.9. The molecule has 0 spiro atoms. The molecule has 0 amide bonds. The SMILES string of the molecule is CN=C(NCc1ccc2c(c1)CCCN2C)NCc1sccc1C. The minimum atomic E-state index is 0.792. The fourth-order valence-corrected chi connectivity index (χ4v) is 3.95. The molecule has 0 atom stereocenters. The third-order valence-corrected chi connectivity index (χ3v) is 5.59. The predicted octanol–water partition coefficient (Wildman–Crippen LogP) is 3.30. The molecular weight excluding hydrogens is 316 g/mol. The molecule has 0 aliphatic carbocycles. The normalized spacial score (nSPS) is 14.5. The molecule has 0 fully saturated rings. The third-order valence-electron chi connectivity index (χ3n) is 4.56. The van der Waals surface area contributed by atoms with Gasteiger partial charge in [-0.2, -0.15) is 0 Å². The molecule has 1 aromatic carbocycles. The van der Waals surface area contributed by atoms with E-state index in [9.17, 15) is 0 Å². The highest BCUT2D eigenvalue weighted by Crippen LogP contribution is 2.26. The van der Waals surface area contributed by atoms with Crippen LogP contribution in [0.25, 0.3) is 0 Å². The van der Waals surface area contributed by atoms with Gasteiger partial charge < -0.3 is 15.5 Å². The highest BCUT2D eigenvalue weighted by atomic mass is 32.1. The molecule has 1 aliphatic rings. The molecule has 5 heteroatoms. The van der Waals surface area contributed by atoms with E-state index in [1.54, 1.807) is 11.3 Å². The van der Waals surface area contributed by atoms with Gasteiger partial charge in [0, 0.05) is 37.7 Å². The summed E-state index contributed by atoms with van der Waals surface area (Å²) in [5, 5.41) is 8.94. The van der Waals surface area contributed by atoms with Crippen LogP contribution < -0.4 is 15.5 Å². The number of aryl methyl sites for hydroxylation is 2. The van der Waals surface area contributed by atoms with Crippen LogP contribution in [0.15, 0.2) is 34.6 Å². The standard InChI is InChI=1S/C19H26N4S/c1-14-8-10-24-18(14)13-22-19(20-2)21-12-15-6-7-17-16(11-15)5-4-9-23(17)3/h6-8,10-11H,4-5,9,12-13H2,1-3H3,(H2,20,21,22). The molecule has 0 saturated heterocycles. The summed E-state index contributed by atoms with van der Waals surface area (Å²) >= 11 is 1.78. The van der Waals surface area contributed by atoms with Crippen LogP contribution in [0.4, 0.5) is 5.69 Å². The Bertz CT molecular complexity index is 720. The second-order valence-corrected chi connectivity index (χ2v) is 7.29. The van der Waals surface area contributed by atoms with Crippen molar-refractivity contribution < 1.29 is 0 Å². The van der Waals surface area contributed by atoms with E-state index in [2.05, 4.69) is 64.1 Å². The lowest BCUT2D eigenvalue weighted by molar-refractivity contribution is 0.740. The summed E-state index contributed by atoms with van der Waals surface area (Å²) in [6.45, 7) is 4.91. The molecule has 2 N–H and O–H groups in total. The van der Waals surface area contributed by atoms with Crippen LogP contribution in [0.5, 0.6) is 0 Å². The second-order valence-electron chi connectivity index (χ2n) is 6.29. The maximum absolute atomic E-state index is 4.32. The summed E-state index contributed by atoms with van der Waals surface area (Å²) in [6.07, 6.45) is 2.42.